The van der Waals surface area contributed by atoms with Crippen LogP contribution in [0.5, 0.6) is 5.75 Å². The van der Waals surface area contributed by atoms with Crippen LogP contribution in [0.2, 0.25) is 0 Å². The monoisotopic (exact) mass is 379 g/mol. The van der Waals surface area contributed by atoms with Crippen molar-refractivity contribution in [2.24, 2.45) is 0 Å². The summed E-state index contributed by atoms with van der Waals surface area (Å²) >= 11 is 1.13. The number of hydrogen-bond donors (Lipinski definition) is 2. The van der Waals surface area contributed by atoms with Crippen molar-refractivity contribution in [3.05, 3.63) is 35.1 Å². The molecule has 1 aromatic carbocycles. The van der Waals surface area contributed by atoms with E-state index in [0.717, 1.165) is 24.2 Å². The van der Waals surface area contributed by atoms with Gasteiger partial charge in [0.15, 0.2) is 5.13 Å². The molecule has 2 N–H and O–H groups in total. The number of benzene rings is 1. The highest BCUT2D eigenvalue weighted by Gasteiger charge is 2.18. The molecule has 3 rings (SSSR count). The Labute approximate surface area is 153 Å². The van der Waals surface area contributed by atoms with Crippen molar-refractivity contribution in [2.45, 2.75) is 25.9 Å². The van der Waals surface area contributed by atoms with Gasteiger partial charge in [0.25, 0.3) is 5.91 Å². The Morgan fingerprint density at radius 3 is 3.00 bits per heavy atom. The van der Waals surface area contributed by atoms with E-state index in [4.69, 9.17) is 9.47 Å². The van der Waals surface area contributed by atoms with E-state index in [1.54, 1.807) is 0 Å². The number of amides is 2. The number of anilines is 2. The molecule has 1 fully saturated rings. The Kier molecular flexibility index (Phi) is 5.79. The van der Waals surface area contributed by atoms with E-state index in [0.29, 0.717) is 24.1 Å². The van der Waals surface area contributed by atoms with Gasteiger partial charge < -0.3 is 20.1 Å². The Morgan fingerprint density at radius 1 is 1.42 bits per heavy atom. The van der Waals surface area contributed by atoms with Crippen molar-refractivity contribution in [3.8, 4) is 5.75 Å². The van der Waals surface area contributed by atoms with Gasteiger partial charge in [0.05, 0.1) is 11.8 Å². The van der Waals surface area contributed by atoms with Crippen LogP contribution in [0.15, 0.2) is 23.6 Å². The summed E-state index contributed by atoms with van der Waals surface area (Å²) in [7, 11) is 0. The maximum Gasteiger partial charge on any atom is 0.275 e. The summed E-state index contributed by atoms with van der Waals surface area (Å²) in [5.74, 6) is -0.943. The van der Waals surface area contributed by atoms with Crippen molar-refractivity contribution in [2.75, 3.05) is 23.8 Å². The number of carbonyl (C=O) groups excluding carboxylic acids is 2. The SMILES string of the molecule is CC(=O)Nc1nc(C(=O)Nc2cc(F)ccc2OCC2CCCO2)cs1. The Bertz CT molecular complexity index is 805. The maximum absolute atomic E-state index is 13.6. The van der Waals surface area contributed by atoms with Crippen LogP contribution in [0.3, 0.4) is 0 Å². The molecule has 2 aromatic rings. The van der Waals surface area contributed by atoms with E-state index in [-0.39, 0.29) is 23.4 Å². The normalized spacial score (nSPS) is 16.3. The van der Waals surface area contributed by atoms with Crippen LogP contribution in [0.1, 0.15) is 30.3 Å². The zero-order valence-corrected chi connectivity index (χ0v) is 14.9. The molecule has 138 valence electrons. The summed E-state index contributed by atoms with van der Waals surface area (Å²) in [4.78, 5) is 27.4. The molecule has 1 atom stereocenters. The number of aromatic nitrogens is 1. The summed E-state index contributed by atoms with van der Waals surface area (Å²) in [5, 5.41) is 6.93. The van der Waals surface area contributed by atoms with Crippen molar-refractivity contribution < 1.29 is 23.5 Å². The van der Waals surface area contributed by atoms with Crippen LogP contribution in [0.25, 0.3) is 0 Å². The smallest absolute Gasteiger partial charge is 0.275 e. The molecule has 0 aliphatic carbocycles. The van der Waals surface area contributed by atoms with Crippen LogP contribution in [-0.4, -0.2) is 36.1 Å². The lowest BCUT2D eigenvalue weighted by Gasteiger charge is -2.15. The third-order valence-corrected chi connectivity index (χ3v) is 4.42. The molecule has 1 aliphatic rings. The zero-order chi connectivity index (χ0) is 18.5. The summed E-state index contributed by atoms with van der Waals surface area (Å²) in [6.07, 6.45) is 1.90. The van der Waals surface area contributed by atoms with Crippen LogP contribution in [-0.2, 0) is 9.53 Å². The molecule has 2 amide bonds. The predicted octanol–water partition coefficient (Wildman–Crippen LogP) is 3.05. The van der Waals surface area contributed by atoms with Crippen molar-refractivity contribution in [3.63, 3.8) is 0 Å². The second kappa shape index (κ2) is 8.24. The standard InChI is InChI=1S/C17H18FN3O4S/c1-10(22)19-17-21-14(9-26-17)16(23)20-13-7-11(18)4-5-15(13)25-8-12-3-2-6-24-12/h4-5,7,9,12H,2-3,6,8H2,1H3,(H,20,23)(H,19,21,22). The fourth-order valence-electron chi connectivity index (χ4n) is 2.46. The van der Waals surface area contributed by atoms with Gasteiger partial charge in [-0.25, -0.2) is 9.37 Å². The molecule has 9 heteroatoms. The molecule has 1 aliphatic heterocycles. The van der Waals surface area contributed by atoms with Gasteiger partial charge in [-0.3, -0.25) is 9.59 Å². The van der Waals surface area contributed by atoms with Crippen molar-refractivity contribution in [1.82, 2.24) is 4.98 Å². The first-order chi connectivity index (χ1) is 12.5. The number of hydrogen-bond acceptors (Lipinski definition) is 6. The van der Waals surface area contributed by atoms with E-state index in [1.807, 2.05) is 0 Å². The minimum Gasteiger partial charge on any atom is -0.489 e. The third kappa shape index (κ3) is 4.77. The highest BCUT2D eigenvalue weighted by Crippen LogP contribution is 2.27. The van der Waals surface area contributed by atoms with E-state index in [1.165, 1.54) is 30.5 Å². The van der Waals surface area contributed by atoms with Gasteiger partial charge in [-0.05, 0) is 25.0 Å². The molecule has 2 heterocycles. The molecule has 7 nitrogen and oxygen atoms in total. The van der Waals surface area contributed by atoms with Crippen molar-refractivity contribution >= 4 is 34.0 Å². The largest absolute Gasteiger partial charge is 0.489 e. The number of halogens is 1. The van der Waals surface area contributed by atoms with Crippen LogP contribution in [0, 0.1) is 5.82 Å². The quantitative estimate of drug-likeness (QED) is 0.805. The van der Waals surface area contributed by atoms with Crippen molar-refractivity contribution in [1.29, 1.82) is 0 Å². The molecule has 1 unspecified atom stereocenters. The number of ether oxygens (including phenoxy) is 2. The van der Waals surface area contributed by atoms with Gasteiger partial charge >= 0.3 is 0 Å². The molecule has 0 saturated carbocycles. The van der Waals surface area contributed by atoms with E-state index >= 15 is 0 Å². The third-order valence-electron chi connectivity index (χ3n) is 3.66. The number of thiazole rings is 1. The second-order valence-corrected chi connectivity index (χ2v) is 6.62. The van der Waals surface area contributed by atoms with E-state index < -0.39 is 11.7 Å². The Balaban J connectivity index is 1.69. The second-order valence-electron chi connectivity index (χ2n) is 5.76. The fourth-order valence-corrected chi connectivity index (χ4v) is 3.19. The van der Waals surface area contributed by atoms with Gasteiger partial charge in [-0.15, -0.1) is 11.3 Å². The lowest BCUT2D eigenvalue weighted by molar-refractivity contribution is -0.114. The first kappa shape index (κ1) is 18.3. The topological polar surface area (TPSA) is 89.6 Å². The highest BCUT2D eigenvalue weighted by molar-refractivity contribution is 7.14. The number of nitrogens with zero attached hydrogens (tertiary/aromatic N) is 1. The average Bonchev–Trinajstić information content (AvgIpc) is 3.25. The first-order valence-corrected chi connectivity index (χ1v) is 8.97. The number of carbonyl (C=O) groups is 2. The minimum atomic E-state index is -0.523. The maximum atomic E-state index is 13.6. The molecule has 0 radical (unpaired) electrons. The summed E-state index contributed by atoms with van der Waals surface area (Å²) in [6, 6.07) is 3.91. The predicted molar refractivity (Wildman–Crippen MR) is 95.2 cm³/mol. The lowest BCUT2D eigenvalue weighted by Crippen LogP contribution is -2.18. The lowest BCUT2D eigenvalue weighted by atomic mass is 10.2. The molecule has 1 aromatic heterocycles. The zero-order valence-electron chi connectivity index (χ0n) is 14.1. The summed E-state index contributed by atoms with van der Waals surface area (Å²) in [5.41, 5.74) is 0.329. The fraction of sp³-hybridized carbons (Fsp3) is 0.353. The molecule has 0 spiro atoms. The Hall–Kier alpha value is -2.52. The van der Waals surface area contributed by atoms with Gasteiger partial charge in [-0.2, -0.15) is 0 Å². The van der Waals surface area contributed by atoms with Gasteiger partial charge in [0, 0.05) is 25.0 Å². The summed E-state index contributed by atoms with van der Waals surface area (Å²) in [6.45, 7) is 2.39. The van der Waals surface area contributed by atoms with Gasteiger partial charge in [0.2, 0.25) is 5.91 Å². The molecule has 1 saturated heterocycles. The van der Waals surface area contributed by atoms with Gasteiger partial charge in [-0.1, -0.05) is 0 Å². The Morgan fingerprint density at radius 2 is 2.27 bits per heavy atom. The van der Waals surface area contributed by atoms with Crippen LogP contribution < -0.4 is 15.4 Å². The van der Waals surface area contributed by atoms with E-state index in [9.17, 15) is 14.0 Å². The van der Waals surface area contributed by atoms with E-state index in [2.05, 4.69) is 15.6 Å². The summed E-state index contributed by atoms with van der Waals surface area (Å²) < 4.78 is 24.8. The van der Waals surface area contributed by atoms with Crippen LogP contribution >= 0.6 is 11.3 Å². The highest BCUT2D eigenvalue weighted by atomic mass is 32.1. The van der Waals surface area contributed by atoms with Crippen LogP contribution in [0.4, 0.5) is 15.2 Å². The number of rotatable bonds is 6. The average molecular weight is 379 g/mol. The number of nitrogens with one attached hydrogen (secondary N) is 2. The first-order valence-electron chi connectivity index (χ1n) is 8.09. The van der Waals surface area contributed by atoms with Gasteiger partial charge in [0.1, 0.15) is 23.9 Å². The molecular weight excluding hydrogens is 361 g/mol. The molecule has 0 bridgehead atoms. The molecule has 26 heavy (non-hydrogen) atoms. The minimum absolute atomic E-state index is 0.00218. The molecular formula is C17H18FN3O4S.